The van der Waals surface area contributed by atoms with Gasteiger partial charge in [0.15, 0.2) is 11.5 Å². The molecule has 176 valence electrons. The Bertz CT molecular complexity index is 1050. The molecule has 0 atom stereocenters. The Morgan fingerprint density at radius 1 is 1.06 bits per heavy atom. The van der Waals surface area contributed by atoms with E-state index >= 15 is 0 Å². The molecule has 2 aromatic carbocycles. The van der Waals surface area contributed by atoms with Crippen LogP contribution in [-0.2, 0) is 11.3 Å². The Hall–Kier alpha value is -3.15. The van der Waals surface area contributed by atoms with Crippen LogP contribution < -0.4 is 10.1 Å². The van der Waals surface area contributed by atoms with E-state index in [4.69, 9.17) is 9.47 Å². The predicted octanol–water partition coefficient (Wildman–Crippen LogP) is 5.67. The summed E-state index contributed by atoms with van der Waals surface area (Å²) in [7, 11) is 0. The Labute approximate surface area is 195 Å². The number of hydrogen-bond acceptors (Lipinski definition) is 5. The number of carbonyl (C=O) groups excluding carboxylic acids is 1. The van der Waals surface area contributed by atoms with E-state index in [1.807, 2.05) is 19.9 Å². The summed E-state index contributed by atoms with van der Waals surface area (Å²) in [6.45, 7) is 8.78. The smallest absolute Gasteiger partial charge is 0.251 e. The fraction of sp³-hybridized carbons (Fsp3) is 0.444. The van der Waals surface area contributed by atoms with Gasteiger partial charge in [-0.3, -0.25) is 4.79 Å². The van der Waals surface area contributed by atoms with Crippen LogP contribution in [0.2, 0.25) is 0 Å². The molecule has 1 aliphatic carbocycles. The number of phenols is 2. The van der Waals surface area contributed by atoms with Gasteiger partial charge in [-0.25, -0.2) is 0 Å². The van der Waals surface area contributed by atoms with E-state index in [9.17, 15) is 15.0 Å². The molecule has 2 aliphatic rings. The van der Waals surface area contributed by atoms with Crippen LogP contribution in [0.3, 0.4) is 0 Å². The molecule has 0 bridgehead atoms. The molecule has 1 amide bonds. The number of ether oxygens (including phenoxy) is 2. The highest BCUT2D eigenvalue weighted by Crippen LogP contribution is 2.46. The fourth-order valence-electron chi connectivity index (χ4n) is 4.48. The Morgan fingerprint density at radius 3 is 2.48 bits per heavy atom. The van der Waals surface area contributed by atoms with Crippen LogP contribution in [0.5, 0.6) is 17.2 Å². The van der Waals surface area contributed by atoms with Gasteiger partial charge in [0.2, 0.25) is 5.75 Å². The highest BCUT2D eigenvalue weighted by Gasteiger charge is 2.30. The second-order valence-corrected chi connectivity index (χ2v) is 9.65. The summed E-state index contributed by atoms with van der Waals surface area (Å²) in [6.07, 6.45) is 7.12. The minimum absolute atomic E-state index is 0.120. The highest BCUT2D eigenvalue weighted by molar-refractivity contribution is 6.01. The van der Waals surface area contributed by atoms with E-state index in [0.717, 1.165) is 24.0 Å². The summed E-state index contributed by atoms with van der Waals surface area (Å²) in [5.41, 5.74) is 2.33. The maximum atomic E-state index is 12.1. The number of aromatic hydroxyl groups is 2. The molecule has 0 radical (unpaired) electrons. The Kier molecular flexibility index (Phi) is 6.54. The van der Waals surface area contributed by atoms with Gasteiger partial charge >= 0.3 is 0 Å². The van der Waals surface area contributed by atoms with Gasteiger partial charge in [-0.15, -0.1) is 0 Å². The summed E-state index contributed by atoms with van der Waals surface area (Å²) in [5.74, 6) is 0.129. The van der Waals surface area contributed by atoms with E-state index in [-0.39, 0.29) is 35.9 Å². The number of amides is 1. The lowest BCUT2D eigenvalue weighted by Crippen LogP contribution is -2.27. The van der Waals surface area contributed by atoms with Crippen molar-refractivity contribution in [3.63, 3.8) is 0 Å². The third kappa shape index (κ3) is 4.80. The van der Waals surface area contributed by atoms with Crippen molar-refractivity contribution >= 4 is 5.91 Å². The van der Waals surface area contributed by atoms with Gasteiger partial charge < -0.3 is 25.0 Å². The number of hydrogen-bond donors (Lipinski definition) is 3. The fourth-order valence-corrected chi connectivity index (χ4v) is 4.48. The molecular formula is C27H33NO5. The lowest BCUT2D eigenvalue weighted by atomic mass is 9.92. The Balaban J connectivity index is 1.57. The van der Waals surface area contributed by atoms with Crippen molar-refractivity contribution in [1.82, 2.24) is 5.32 Å². The van der Waals surface area contributed by atoms with Crippen molar-refractivity contribution in [2.75, 3.05) is 6.61 Å². The SMILES string of the molecule is C=C(OC1CCCCCC1)C(C)(C)COc1c(-c2cccc3c2CNC3=O)ccc(O)c1O. The second kappa shape index (κ2) is 9.38. The molecule has 3 N–H and O–H groups in total. The highest BCUT2D eigenvalue weighted by atomic mass is 16.5. The van der Waals surface area contributed by atoms with Gasteiger partial charge in [0.05, 0.1) is 17.3 Å². The van der Waals surface area contributed by atoms with Gasteiger partial charge in [0, 0.05) is 17.7 Å². The summed E-state index contributed by atoms with van der Waals surface area (Å²) in [5, 5.41) is 23.6. The molecule has 6 nitrogen and oxygen atoms in total. The number of carbonyl (C=O) groups is 1. The van der Waals surface area contributed by atoms with Crippen LogP contribution in [0.25, 0.3) is 11.1 Å². The van der Waals surface area contributed by atoms with Gasteiger partial charge in [-0.1, -0.05) is 31.6 Å². The van der Waals surface area contributed by atoms with E-state index < -0.39 is 5.41 Å². The standard InChI is InChI=1S/C27H33NO5/c1-17(33-18-9-6-4-5-7-10-18)27(2,3)16-32-25-20(13-14-23(29)24(25)30)19-11-8-12-21-22(19)15-28-26(21)31/h8,11-14,18,29-30H,1,4-7,9-10,15-16H2,2-3H3,(H,28,31). The molecule has 4 rings (SSSR count). The molecular weight excluding hydrogens is 418 g/mol. The number of benzene rings is 2. The van der Waals surface area contributed by atoms with Crippen LogP contribution in [0.4, 0.5) is 0 Å². The van der Waals surface area contributed by atoms with E-state index in [1.54, 1.807) is 18.2 Å². The molecule has 2 aromatic rings. The number of rotatable bonds is 7. The molecule has 0 spiro atoms. The zero-order valence-electron chi connectivity index (χ0n) is 19.4. The van der Waals surface area contributed by atoms with Crippen molar-refractivity contribution in [3.8, 4) is 28.4 Å². The van der Waals surface area contributed by atoms with Crippen molar-refractivity contribution in [2.24, 2.45) is 5.41 Å². The number of fused-ring (bicyclic) bond motifs is 1. The first-order chi connectivity index (χ1) is 15.8. The average molecular weight is 452 g/mol. The molecule has 1 aliphatic heterocycles. The van der Waals surface area contributed by atoms with Crippen LogP contribution in [0, 0.1) is 5.41 Å². The molecule has 6 heteroatoms. The summed E-state index contributed by atoms with van der Waals surface area (Å²) < 4.78 is 12.4. The Morgan fingerprint density at radius 2 is 1.76 bits per heavy atom. The minimum Gasteiger partial charge on any atom is -0.504 e. The first-order valence-corrected chi connectivity index (χ1v) is 11.7. The molecule has 0 unspecified atom stereocenters. The first-order valence-electron chi connectivity index (χ1n) is 11.7. The second-order valence-electron chi connectivity index (χ2n) is 9.65. The van der Waals surface area contributed by atoms with E-state index in [2.05, 4.69) is 11.9 Å². The third-order valence-electron chi connectivity index (χ3n) is 6.69. The molecule has 0 aromatic heterocycles. The van der Waals surface area contributed by atoms with Crippen LogP contribution >= 0.6 is 0 Å². The quantitative estimate of drug-likeness (QED) is 0.287. The van der Waals surface area contributed by atoms with E-state index in [1.165, 1.54) is 31.7 Å². The normalized spacial score (nSPS) is 16.6. The number of nitrogens with one attached hydrogen (secondary N) is 1. The lowest BCUT2D eigenvalue weighted by Gasteiger charge is -2.31. The van der Waals surface area contributed by atoms with Crippen LogP contribution in [0.15, 0.2) is 42.7 Å². The van der Waals surface area contributed by atoms with Crippen molar-refractivity contribution < 1.29 is 24.5 Å². The van der Waals surface area contributed by atoms with Crippen molar-refractivity contribution in [1.29, 1.82) is 0 Å². The van der Waals surface area contributed by atoms with Gasteiger partial charge in [0.1, 0.15) is 6.61 Å². The lowest BCUT2D eigenvalue weighted by molar-refractivity contribution is 0.0449. The van der Waals surface area contributed by atoms with Crippen molar-refractivity contribution in [2.45, 2.75) is 65.0 Å². The molecule has 1 saturated carbocycles. The molecule has 0 saturated heterocycles. The topological polar surface area (TPSA) is 88.0 Å². The molecule has 33 heavy (non-hydrogen) atoms. The zero-order valence-corrected chi connectivity index (χ0v) is 19.4. The van der Waals surface area contributed by atoms with Gasteiger partial charge in [0.25, 0.3) is 5.91 Å². The largest absolute Gasteiger partial charge is 0.504 e. The van der Waals surface area contributed by atoms with Gasteiger partial charge in [-0.05, 0) is 68.9 Å². The summed E-state index contributed by atoms with van der Waals surface area (Å²) >= 11 is 0. The predicted molar refractivity (Wildman–Crippen MR) is 127 cm³/mol. The zero-order chi connectivity index (χ0) is 23.6. The third-order valence-corrected chi connectivity index (χ3v) is 6.69. The minimum atomic E-state index is -0.516. The summed E-state index contributed by atoms with van der Waals surface area (Å²) in [4.78, 5) is 12.1. The average Bonchev–Trinajstić information content (AvgIpc) is 2.99. The monoisotopic (exact) mass is 451 g/mol. The molecule has 1 fully saturated rings. The maximum absolute atomic E-state index is 12.1. The first kappa shape index (κ1) is 23.0. The molecule has 1 heterocycles. The van der Waals surface area contributed by atoms with Crippen LogP contribution in [-0.4, -0.2) is 28.8 Å². The van der Waals surface area contributed by atoms with E-state index in [0.29, 0.717) is 23.4 Å². The van der Waals surface area contributed by atoms with Crippen molar-refractivity contribution in [3.05, 3.63) is 53.8 Å². The maximum Gasteiger partial charge on any atom is 0.251 e. The number of phenolic OH excluding ortho intramolecular Hbond substituents is 2. The van der Waals surface area contributed by atoms with Crippen LogP contribution in [0.1, 0.15) is 68.3 Å². The summed E-state index contributed by atoms with van der Waals surface area (Å²) in [6, 6.07) is 8.60. The van der Waals surface area contributed by atoms with Gasteiger partial charge in [-0.2, -0.15) is 0 Å².